The maximum atomic E-state index is 8.89. The molecule has 0 aliphatic heterocycles. The number of aliphatic hydroxyl groups is 2. The van der Waals surface area contributed by atoms with Gasteiger partial charge in [-0.3, -0.25) is 0 Å². The van der Waals surface area contributed by atoms with Gasteiger partial charge in [-0.25, -0.2) is 0 Å². The standard InChI is InChI=1S/C7H18B2O2/c1-3-7(2)4-9(6-11)8-5-10/h7-8,10-11H,3-6H2,1-2H3. The van der Waals surface area contributed by atoms with Gasteiger partial charge in [-0.15, -0.1) is 0 Å². The van der Waals surface area contributed by atoms with E-state index in [2.05, 4.69) is 13.8 Å². The van der Waals surface area contributed by atoms with Crippen LogP contribution in [0.15, 0.2) is 0 Å². The van der Waals surface area contributed by atoms with Crippen LogP contribution in [0.3, 0.4) is 0 Å². The largest absolute Gasteiger partial charge is 0.406 e. The Morgan fingerprint density at radius 3 is 2.45 bits per heavy atom. The molecule has 1 atom stereocenters. The molecule has 11 heavy (non-hydrogen) atoms. The van der Waals surface area contributed by atoms with Gasteiger partial charge in [0, 0.05) is 13.0 Å². The van der Waals surface area contributed by atoms with Crippen LogP contribution in [-0.2, 0) is 0 Å². The lowest BCUT2D eigenvalue weighted by atomic mass is 9.20. The lowest BCUT2D eigenvalue weighted by Crippen LogP contribution is -2.31. The van der Waals surface area contributed by atoms with Crippen LogP contribution < -0.4 is 0 Å². The van der Waals surface area contributed by atoms with Crippen molar-refractivity contribution in [3.8, 4) is 0 Å². The van der Waals surface area contributed by atoms with Crippen molar-refractivity contribution < 1.29 is 10.2 Å². The van der Waals surface area contributed by atoms with Gasteiger partial charge in [-0.1, -0.05) is 32.5 Å². The van der Waals surface area contributed by atoms with Gasteiger partial charge in [0.15, 0.2) is 0 Å². The molecule has 0 aromatic carbocycles. The number of hydrogen-bond acceptors (Lipinski definition) is 2. The first-order valence-electron chi connectivity index (χ1n) is 4.46. The van der Waals surface area contributed by atoms with Crippen LogP contribution in [0.5, 0.6) is 0 Å². The molecule has 0 aromatic heterocycles. The van der Waals surface area contributed by atoms with Crippen molar-refractivity contribution >= 4 is 13.8 Å². The first-order valence-corrected chi connectivity index (χ1v) is 4.46. The summed E-state index contributed by atoms with van der Waals surface area (Å²) in [5.74, 6) is 0.665. The Bertz CT molecular complexity index is 90.5. The average Bonchev–Trinajstić information content (AvgIpc) is 2.03. The fraction of sp³-hybridized carbons (Fsp3) is 1.00. The Kier molecular flexibility index (Phi) is 6.77. The van der Waals surface area contributed by atoms with Gasteiger partial charge in [0.25, 0.3) is 0 Å². The summed E-state index contributed by atoms with van der Waals surface area (Å²) in [5, 5.41) is 17.5. The van der Waals surface area contributed by atoms with Gasteiger partial charge in [-0.2, -0.15) is 0 Å². The second kappa shape index (κ2) is 6.74. The van der Waals surface area contributed by atoms with E-state index < -0.39 is 0 Å². The summed E-state index contributed by atoms with van der Waals surface area (Å²) in [6.07, 6.45) is 2.19. The minimum atomic E-state index is 0.196. The van der Waals surface area contributed by atoms with Gasteiger partial charge in [-0.05, 0) is 0 Å². The van der Waals surface area contributed by atoms with Crippen LogP contribution in [0.2, 0.25) is 6.32 Å². The number of hydrogen-bond donors (Lipinski definition) is 2. The Labute approximate surface area is 70.3 Å². The van der Waals surface area contributed by atoms with E-state index in [0.29, 0.717) is 12.5 Å². The maximum Gasteiger partial charge on any atom is 0.140 e. The highest BCUT2D eigenvalue weighted by atomic mass is 16.3. The SMILES string of the molecule is CCC(C)CB(BCO)CO. The lowest BCUT2D eigenvalue weighted by molar-refractivity contribution is 0.357. The molecule has 0 aliphatic rings. The molecule has 2 N–H and O–H groups in total. The molecule has 0 saturated carbocycles. The highest BCUT2D eigenvalue weighted by molar-refractivity contribution is 7.12. The molecule has 0 amide bonds. The van der Waals surface area contributed by atoms with E-state index in [0.717, 1.165) is 19.9 Å². The summed E-state index contributed by atoms with van der Waals surface area (Å²) >= 11 is 0. The normalized spacial score (nSPS) is 12.7. The molecule has 0 fully saturated rings. The Morgan fingerprint density at radius 2 is 2.09 bits per heavy atom. The first-order chi connectivity index (χ1) is 5.24. The Balaban J connectivity index is 3.49. The van der Waals surface area contributed by atoms with E-state index in [4.69, 9.17) is 10.2 Å². The molecule has 0 rings (SSSR count). The molecule has 0 radical (unpaired) electrons. The first kappa shape index (κ1) is 11.0. The van der Waals surface area contributed by atoms with Crippen molar-refractivity contribution in [3.63, 3.8) is 0 Å². The summed E-state index contributed by atoms with van der Waals surface area (Å²) in [7, 11) is 0.737. The fourth-order valence-electron chi connectivity index (χ4n) is 1.20. The zero-order chi connectivity index (χ0) is 8.69. The smallest absolute Gasteiger partial charge is 0.140 e. The average molecular weight is 156 g/mol. The predicted molar refractivity (Wildman–Crippen MR) is 51.3 cm³/mol. The fourth-order valence-corrected chi connectivity index (χ4v) is 1.20. The summed E-state index contributed by atoms with van der Waals surface area (Å²) in [6, 6.07) is 0. The zero-order valence-electron chi connectivity index (χ0n) is 7.58. The van der Waals surface area contributed by atoms with Gasteiger partial charge in [0.1, 0.15) is 13.8 Å². The van der Waals surface area contributed by atoms with E-state index in [1.54, 1.807) is 0 Å². The van der Waals surface area contributed by atoms with E-state index in [-0.39, 0.29) is 13.0 Å². The van der Waals surface area contributed by atoms with Crippen molar-refractivity contribution in [2.24, 2.45) is 5.92 Å². The highest BCUT2D eigenvalue weighted by Gasteiger charge is 2.15. The molecule has 64 valence electrons. The van der Waals surface area contributed by atoms with Gasteiger partial charge >= 0.3 is 0 Å². The van der Waals surface area contributed by atoms with Crippen LogP contribution in [-0.4, -0.2) is 37.0 Å². The molecular formula is C7H18B2O2. The highest BCUT2D eigenvalue weighted by Crippen LogP contribution is 2.09. The summed E-state index contributed by atoms with van der Waals surface area (Å²) in [6.45, 7) is 5.04. The molecule has 2 nitrogen and oxygen atoms in total. The van der Waals surface area contributed by atoms with Crippen molar-refractivity contribution in [2.45, 2.75) is 26.6 Å². The third-order valence-corrected chi connectivity index (χ3v) is 2.23. The molecule has 0 aliphatic carbocycles. The second-order valence-electron chi connectivity index (χ2n) is 3.31. The number of aliphatic hydroxyl groups excluding tert-OH is 2. The van der Waals surface area contributed by atoms with Gasteiger partial charge in [0.05, 0.1) is 0 Å². The van der Waals surface area contributed by atoms with Crippen LogP contribution >= 0.6 is 0 Å². The molecule has 0 bridgehead atoms. The molecule has 1 unspecified atom stereocenters. The number of rotatable bonds is 6. The van der Waals surface area contributed by atoms with Gasteiger partial charge in [0.2, 0.25) is 0 Å². The quantitative estimate of drug-likeness (QED) is 0.528. The Hall–Kier alpha value is 0.0499. The molecule has 0 saturated heterocycles. The monoisotopic (exact) mass is 156 g/mol. The van der Waals surface area contributed by atoms with E-state index in [9.17, 15) is 0 Å². The van der Waals surface area contributed by atoms with Crippen molar-refractivity contribution in [2.75, 3.05) is 13.0 Å². The third kappa shape index (κ3) is 5.33. The predicted octanol–water partition coefficient (Wildman–Crippen LogP) is -0.0582. The van der Waals surface area contributed by atoms with E-state index in [1.165, 1.54) is 0 Å². The topological polar surface area (TPSA) is 40.5 Å². The minimum Gasteiger partial charge on any atom is -0.406 e. The van der Waals surface area contributed by atoms with Crippen LogP contribution in [0.1, 0.15) is 20.3 Å². The van der Waals surface area contributed by atoms with Crippen LogP contribution in [0.25, 0.3) is 0 Å². The second-order valence-corrected chi connectivity index (χ2v) is 3.31. The maximum absolute atomic E-state index is 8.89. The summed E-state index contributed by atoms with van der Waals surface area (Å²) in [4.78, 5) is 0. The lowest BCUT2D eigenvalue weighted by Gasteiger charge is -2.12. The molecule has 0 spiro atoms. The summed E-state index contributed by atoms with van der Waals surface area (Å²) in [5.41, 5.74) is 0. The van der Waals surface area contributed by atoms with Gasteiger partial charge < -0.3 is 10.2 Å². The van der Waals surface area contributed by atoms with Crippen molar-refractivity contribution in [1.29, 1.82) is 0 Å². The minimum absolute atomic E-state index is 0.196. The Morgan fingerprint density at radius 1 is 1.45 bits per heavy atom. The zero-order valence-corrected chi connectivity index (χ0v) is 7.58. The summed E-state index contributed by atoms with van der Waals surface area (Å²) < 4.78 is 0. The molecule has 4 heteroatoms. The third-order valence-electron chi connectivity index (χ3n) is 2.23. The van der Waals surface area contributed by atoms with Crippen molar-refractivity contribution in [1.82, 2.24) is 0 Å². The molecule has 0 heterocycles. The molecule has 0 aromatic rings. The van der Waals surface area contributed by atoms with Crippen LogP contribution in [0.4, 0.5) is 0 Å². The molecular weight excluding hydrogens is 138 g/mol. The van der Waals surface area contributed by atoms with Crippen molar-refractivity contribution in [3.05, 3.63) is 0 Å². The van der Waals surface area contributed by atoms with E-state index in [1.807, 2.05) is 0 Å². The van der Waals surface area contributed by atoms with Crippen LogP contribution in [0, 0.1) is 5.92 Å². The van der Waals surface area contributed by atoms with E-state index >= 15 is 0 Å².